The van der Waals surface area contributed by atoms with Gasteiger partial charge in [0.2, 0.25) is 0 Å². The number of esters is 1. The van der Waals surface area contributed by atoms with Gasteiger partial charge in [-0.15, -0.1) is 0 Å². The number of ketones is 1. The molecule has 0 amide bonds. The molecule has 0 aromatic rings. The Morgan fingerprint density at radius 2 is 1.55 bits per heavy atom. The number of phosphoric ester groups is 1. The topological polar surface area (TPSA) is 88.1 Å². The fourth-order valence-electron chi connectivity index (χ4n) is 3.92. The van der Waals surface area contributed by atoms with E-state index in [9.17, 15) is 14.2 Å². The first-order valence-corrected chi connectivity index (χ1v) is 13.4. The first kappa shape index (κ1) is 26.1. The molecular weight excluding hydrogens is 419 g/mol. The molecule has 8 heteroatoms. The van der Waals surface area contributed by atoms with Gasteiger partial charge in [0.1, 0.15) is 18.1 Å². The van der Waals surface area contributed by atoms with Gasteiger partial charge in [-0.3, -0.25) is 13.8 Å². The van der Waals surface area contributed by atoms with E-state index in [0.29, 0.717) is 24.4 Å². The Kier molecular flexibility index (Phi) is 11.8. The molecule has 2 rings (SSSR count). The van der Waals surface area contributed by atoms with Gasteiger partial charge in [0.05, 0.1) is 24.7 Å². The molecule has 7 nitrogen and oxygen atoms in total. The van der Waals surface area contributed by atoms with Crippen molar-refractivity contribution in [2.24, 2.45) is 5.92 Å². The highest BCUT2D eigenvalue weighted by molar-refractivity contribution is 7.48. The van der Waals surface area contributed by atoms with Gasteiger partial charge in [-0.1, -0.05) is 64.7 Å². The van der Waals surface area contributed by atoms with E-state index in [1.54, 1.807) is 6.92 Å². The van der Waals surface area contributed by atoms with Gasteiger partial charge in [0, 0.05) is 12.8 Å². The first-order chi connectivity index (χ1) is 14.9. The molecule has 0 aromatic carbocycles. The van der Waals surface area contributed by atoms with Crippen LogP contribution in [0.1, 0.15) is 97.3 Å². The Balaban J connectivity index is 1.44. The zero-order chi connectivity index (χ0) is 22.5. The van der Waals surface area contributed by atoms with Crippen LogP contribution in [0.25, 0.3) is 0 Å². The fraction of sp³-hybridized carbons (Fsp3) is 0.826. The average molecular weight is 459 g/mol. The molecule has 2 atom stereocenters. The number of carbonyl (C=O) groups is 2. The van der Waals surface area contributed by atoms with Gasteiger partial charge >= 0.3 is 13.8 Å². The molecule has 0 aliphatic carbocycles. The van der Waals surface area contributed by atoms with Crippen molar-refractivity contribution in [1.82, 2.24) is 0 Å². The normalized spacial score (nSPS) is 23.3. The van der Waals surface area contributed by atoms with Gasteiger partial charge in [0.25, 0.3) is 0 Å². The van der Waals surface area contributed by atoms with Crippen LogP contribution >= 0.6 is 7.82 Å². The zero-order valence-corrected chi connectivity index (χ0v) is 20.1. The number of Topliss-reactive ketones (excluding diaryl/α,β-unsaturated/α-hetero) is 1. The van der Waals surface area contributed by atoms with Crippen molar-refractivity contribution < 1.29 is 32.5 Å². The SMILES string of the molecule is CCC(=O)CCCCCCCCCCCCCO[P@@]1(=O)OC[C@H]2COC(=O)C2=C(C)O1. The minimum atomic E-state index is -3.67. The predicted octanol–water partition coefficient (Wildman–Crippen LogP) is 6.27. The van der Waals surface area contributed by atoms with E-state index < -0.39 is 13.8 Å². The molecule has 2 heterocycles. The summed E-state index contributed by atoms with van der Waals surface area (Å²) < 4.78 is 33.9. The lowest BCUT2D eigenvalue weighted by Gasteiger charge is -2.17. The second-order valence-corrected chi connectivity index (χ2v) is 10.1. The van der Waals surface area contributed by atoms with Crippen LogP contribution in [0.15, 0.2) is 11.3 Å². The molecule has 2 aliphatic heterocycles. The van der Waals surface area contributed by atoms with Crippen molar-refractivity contribution >= 4 is 19.6 Å². The van der Waals surface area contributed by atoms with Crippen LogP contribution in [0.2, 0.25) is 0 Å². The molecule has 0 unspecified atom stereocenters. The average Bonchev–Trinajstić information content (AvgIpc) is 3.06. The number of hydrogen-bond acceptors (Lipinski definition) is 7. The van der Waals surface area contributed by atoms with Crippen LogP contribution in [0, 0.1) is 5.92 Å². The predicted molar refractivity (Wildman–Crippen MR) is 118 cm³/mol. The number of hydrogen-bond donors (Lipinski definition) is 0. The van der Waals surface area contributed by atoms with Crippen LogP contribution in [0.3, 0.4) is 0 Å². The summed E-state index contributed by atoms with van der Waals surface area (Å²) in [6.07, 6.45) is 14.0. The number of rotatable bonds is 16. The maximum Gasteiger partial charge on any atom is 0.529 e. The Hall–Kier alpha value is -1.17. The summed E-state index contributed by atoms with van der Waals surface area (Å²) in [5, 5.41) is 0. The van der Waals surface area contributed by atoms with E-state index in [1.807, 2.05) is 6.92 Å². The van der Waals surface area contributed by atoms with E-state index in [-0.39, 0.29) is 24.9 Å². The van der Waals surface area contributed by atoms with Crippen molar-refractivity contribution in [3.63, 3.8) is 0 Å². The standard InChI is InChI=1S/C23H39O7P/c1-3-21(24)15-13-11-9-7-5-4-6-8-10-12-14-16-28-31(26)29-18-20-17-27-23(25)22(20)19(2)30-31/h20H,3-18H2,1-2H3/t20-,31+/m1/s1. The number of carbonyl (C=O) groups excluding carboxylic acids is 2. The van der Waals surface area contributed by atoms with E-state index in [2.05, 4.69) is 0 Å². The Labute approximate surface area is 186 Å². The van der Waals surface area contributed by atoms with Gasteiger partial charge in [0.15, 0.2) is 0 Å². The third kappa shape index (κ3) is 9.46. The third-order valence-corrected chi connectivity index (χ3v) is 7.31. The Morgan fingerprint density at radius 3 is 2.16 bits per heavy atom. The number of allylic oxidation sites excluding steroid dienone is 1. The van der Waals surface area contributed by atoms with Crippen molar-refractivity contribution in [2.75, 3.05) is 19.8 Å². The number of ether oxygens (including phenoxy) is 1. The molecular formula is C23H39O7P. The highest BCUT2D eigenvalue weighted by Crippen LogP contribution is 2.54. The summed E-state index contributed by atoms with van der Waals surface area (Å²) in [4.78, 5) is 23.0. The summed E-state index contributed by atoms with van der Waals surface area (Å²) >= 11 is 0. The van der Waals surface area contributed by atoms with Crippen LogP contribution < -0.4 is 0 Å². The molecule has 178 valence electrons. The summed E-state index contributed by atoms with van der Waals surface area (Å²) in [5.41, 5.74) is 0.410. The molecule has 0 N–H and O–H groups in total. The molecule has 1 fully saturated rings. The fourth-order valence-corrected chi connectivity index (χ4v) is 5.25. The van der Waals surface area contributed by atoms with E-state index >= 15 is 0 Å². The number of unbranched alkanes of at least 4 members (excludes halogenated alkanes) is 10. The second-order valence-electron chi connectivity index (χ2n) is 8.46. The van der Waals surface area contributed by atoms with Crippen LogP contribution in [-0.4, -0.2) is 31.6 Å². The Morgan fingerprint density at radius 1 is 0.968 bits per heavy atom. The van der Waals surface area contributed by atoms with Gasteiger partial charge in [-0.05, 0) is 19.8 Å². The molecule has 0 bridgehead atoms. The molecule has 0 radical (unpaired) electrons. The van der Waals surface area contributed by atoms with Crippen molar-refractivity contribution in [3.8, 4) is 0 Å². The highest BCUT2D eigenvalue weighted by atomic mass is 31.2. The van der Waals surface area contributed by atoms with Crippen LogP contribution in [0.5, 0.6) is 0 Å². The molecule has 31 heavy (non-hydrogen) atoms. The van der Waals surface area contributed by atoms with E-state index in [4.69, 9.17) is 18.3 Å². The van der Waals surface area contributed by atoms with Crippen molar-refractivity contribution in [3.05, 3.63) is 11.3 Å². The lowest BCUT2D eigenvalue weighted by Crippen LogP contribution is -2.10. The monoisotopic (exact) mass is 458 g/mol. The number of cyclic esters (lactones) is 1. The van der Waals surface area contributed by atoms with Gasteiger partial charge in [-0.25, -0.2) is 9.36 Å². The van der Waals surface area contributed by atoms with Crippen molar-refractivity contribution in [1.29, 1.82) is 0 Å². The van der Waals surface area contributed by atoms with E-state index in [1.165, 1.54) is 44.9 Å². The largest absolute Gasteiger partial charge is 0.529 e. The summed E-state index contributed by atoms with van der Waals surface area (Å²) in [6.45, 7) is 4.19. The molecule has 0 saturated carbocycles. The smallest absolute Gasteiger partial charge is 0.461 e. The minimum Gasteiger partial charge on any atom is -0.461 e. The quantitative estimate of drug-likeness (QED) is 0.153. The highest BCUT2D eigenvalue weighted by Gasteiger charge is 2.42. The number of phosphoric acid groups is 1. The van der Waals surface area contributed by atoms with Crippen molar-refractivity contribution in [2.45, 2.75) is 97.3 Å². The maximum atomic E-state index is 12.7. The molecule has 2 aliphatic rings. The molecule has 0 spiro atoms. The minimum absolute atomic E-state index is 0.104. The van der Waals surface area contributed by atoms with Crippen LogP contribution in [-0.2, 0) is 32.5 Å². The van der Waals surface area contributed by atoms with E-state index in [0.717, 1.165) is 32.1 Å². The van der Waals surface area contributed by atoms with Gasteiger partial charge in [-0.2, -0.15) is 0 Å². The first-order valence-electron chi connectivity index (χ1n) is 11.9. The Bertz CT molecular complexity index is 658. The maximum absolute atomic E-state index is 12.7. The number of fused-ring (bicyclic) bond motifs is 1. The molecule has 0 aromatic heterocycles. The summed E-state index contributed by atoms with van der Waals surface area (Å²) in [5.74, 6) is -0.00342. The molecule has 1 saturated heterocycles. The summed E-state index contributed by atoms with van der Waals surface area (Å²) in [7, 11) is -3.67. The second kappa shape index (κ2) is 14.1. The zero-order valence-electron chi connectivity index (χ0n) is 19.2. The summed E-state index contributed by atoms with van der Waals surface area (Å²) in [6, 6.07) is 0. The van der Waals surface area contributed by atoms with Gasteiger partial charge < -0.3 is 9.26 Å². The lowest BCUT2D eigenvalue weighted by atomic mass is 10.0. The third-order valence-electron chi connectivity index (χ3n) is 5.85. The van der Waals surface area contributed by atoms with Crippen LogP contribution in [0.4, 0.5) is 0 Å². The lowest BCUT2D eigenvalue weighted by molar-refractivity contribution is -0.135.